The second kappa shape index (κ2) is 9.46. The smallest absolute Gasteiger partial charge is 0.454 e. The largest absolute Gasteiger partial charge is 0.522 e. The van der Waals surface area contributed by atoms with Crippen LogP contribution in [0.4, 0.5) is 4.79 Å². The first-order chi connectivity index (χ1) is 17.7. The van der Waals surface area contributed by atoms with Crippen LogP contribution in [0.15, 0.2) is 73.1 Å². The molecule has 4 aromatic rings. The Morgan fingerprint density at radius 2 is 1.14 bits per heavy atom. The van der Waals surface area contributed by atoms with E-state index in [1.165, 1.54) is 0 Å². The minimum atomic E-state index is -0.925. The molecular formula is C27H20N2O7. The summed E-state index contributed by atoms with van der Waals surface area (Å²) in [7, 11) is 0. The Bertz CT molecular complexity index is 1330. The lowest BCUT2D eigenvalue weighted by Crippen LogP contribution is -2.17. The van der Waals surface area contributed by atoms with Crippen molar-refractivity contribution in [2.24, 2.45) is 0 Å². The first-order valence-electron chi connectivity index (χ1n) is 11.3. The van der Waals surface area contributed by atoms with E-state index < -0.39 is 6.16 Å². The standard InChI is InChI=1S/C27H20N2O7/c30-27(35-25-19(3-1-9-28-25)11-17-5-7-21-23(13-17)33-15-31-21)36-26-20(4-2-10-29-26)12-18-6-8-22-24(14-18)34-16-32-22/h1-10,13-14H,11-12,15-16H2. The van der Waals surface area contributed by atoms with Gasteiger partial charge < -0.3 is 28.4 Å². The van der Waals surface area contributed by atoms with E-state index in [4.69, 9.17) is 28.4 Å². The molecule has 2 aromatic heterocycles. The lowest BCUT2D eigenvalue weighted by molar-refractivity contribution is 0.147. The van der Waals surface area contributed by atoms with Gasteiger partial charge in [-0.1, -0.05) is 24.3 Å². The van der Waals surface area contributed by atoms with Gasteiger partial charge in [-0.3, -0.25) is 0 Å². The van der Waals surface area contributed by atoms with Crippen LogP contribution in [-0.2, 0) is 12.8 Å². The van der Waals surface area contributed by atoms with Gasteiger partial charge in [-0.05, 0) is 47.5 Å². The van der Waals surface area contributed by atoms with Crippen molar-refractivity contribution in [3.05, 3.63) is 95.3 Å². The van der Waals surface area contributed by atoms with Crippen molar-refractivity contribution in [3.8, 4) is 34.8 Å². The maximum Gasteiger partial charge on any atom is 0.522 e. The molecule has 0 fully saturated rings. The van der Waals surface area contributed by atoms with Crippen molar-refractivity contribution in [1.29, 1.82) is 0 Å². The van der Waals surface area contributed by atoms with Crippen LogP contribution in [0.1, 0.15) is 22.3 Å². The lowest BCUT2D eigenvalue weighted by atomic mass is 10.1. The van der Waals surface area contributed by atoms with Gasteiger partial charge in [0.05, 0.1) is 0 Å². The minimum absolute atomic E-state index is 0.161. The molecule has 0 saturated carbocycles. The quantitative estimate of drug-likeness (QED) is 0.361. The number of fused-ring (bicyclic) bond motifs is 2. The maximum absolute atomic E-state index is 12.7. The first-order valence-corrected chi connectivity index (χ1v) is 11.3. The van der Waals surface area contributed by atoms with E-state index in [-0.39, 0.29) is 25.3 Å². The number of carbonyl (C=O) groups excluding carboxylic acids is 1. The zero-order valence-electron chi connectivity index (χ0n) is 19.0. The van der Waals surface area contributed by atoms with E-state index >= 15 is 0 Å². The molecule has 0 saturated heterocycles. The van der Waals surface area contributed by atoms with Gasteiger partial charge in [-0.25, -0.2) is 14.8 Å². The van der Waals surface area contributed by atoms with Crippen molar-refractivity contribution in [2.75, 3.05) is 13.6 Å². The molecule has 9 nitrogen and oxygen atoms in total. The van der Waals surface area contributed by atoms with Crippen molar-refractivity contribution in [3.63, 3.8) is 0 Å². The van der Waals surface area contributed by atoms with E-state index in [1.807, 2.05) is 48.5 Å². The molecule has 0 amide bonds. The summed E-state index contributed by atoms with van der Waals surface area (Å²) in [6.07, 6.45) is 3.14. The second-order valence-corrected chi connectivity index (χ2v) is 8.12. The summed E-state index contributed by atoms with van der Waals surface area (Å²) < 4.78 is 32.6. The van der Waals surface area contributed by atoms with Gasteiger partial charge in [0.2, 0.25) is 25.3 Å². The van der Waals surface area contributed by atoms with E-state index in [2.05, 4.69) is 9.97 Å². The summed E-state index contributed by atoms with van der Waals surface area (Å²) >= 11 is 0. The van der Waals surface area contributed by atoms with Crippen LogP contribution in [0.5, 0.6) is 34.8 Å². The summed E-state index contributed by atoms with van der Waals surface area (Å²) in [5.41, 5.74) is 3.35. The molecule has 4 heterocycles. The van der Waals surface area contributed by atoms with Crippen molar-refractivity contribution < 1.29 is 33.2 Å². The number of ether oxygens (including phenoxy) is 6. The first kappa shape index (κ1) is 21.7. The Morgan fingerprint density at radius 3 is 1.64 bits per heavy atom. The van der Waals surface area contributed by atoms with Crippen LogP contribution in [-0.4, -0.2) is 29.7 Å². The molecule has 6 rings (SSSR count). The maximum atomic E-state index is 12.7. The molecule has 0 radical (unpaired) electrons. The fourth-order valence-electron chi connectivity index (χ4n) is 4.02. The zero-order valence-corrected chi connectivity index (χ0v) is 19.0. The number of benzene rings is 2. The van der Waals surface area contributed by atoms with Gasteiger partial charge in [0.1, 0.15) is 0 Å². The Hall–Kier alpha value is -4.79. The Morgan fingerprint density at radius 1 is 0.667 bits per heavy atom. The number of hydrogen-bond acceptors (Lipinski definition) is 9. The fourth-order valence-corrected chi connectivity index (χ4v) is 4.02. The summed E-state index contributed by atoms with van der Waals surface area (Å²) in [6, 6.07) is 18.6. The Labute approximate surface area is 206 Å². The third-order valence-electron chi connectivity index (χ3n) is 5.72. The van der Waals surface area contributed by atoms with Crippen molar-refractivity contribution >= 4 is 6.16 Å². The highest BCUT2D eigenvalue weighted by atomic mass is 16.7. The molecule has 0 spiro atoms. The number of carbonyl (C=O) groups is 1. The molecule has 0 bridgehead atoms. The van der Waals surface area contributed by atoms with Crippen LogP contribution in [0.2, 0.25) is 0 Å². The predicted molar refractivity (Wildman–Crippen MR) is 126 cm³/mol. The topological polar surface area (TPSA) is 98.2 Å². The SMILES string of the molecule is O=C(Oc1ncccc1Cc1ccc2c(c1)OCO2)Oc1ncccc1Cc1ccc2c(c1)OCO2. The molecule has 9 heteroatoms. The van der Waals surface area contributed by atoms with Crippen LogP contribution in [0, 0.1) is 0 Å². The van der Waals surface area contributed by atoms with Gasteiger partial charge in [-0.2, -0.15) is 0 Å². The molecule has 0 unspecified atom stereocenters. The number of aromatic nitrogens is 2. The highest BCUT2D eigenvalue weighted by Gasteiger charge is 2.19. The van der Waals surface area contributed by atoms with Crippen LogP contribution < -0.4 is 28.4 Å². The molecule has 2 aromatic carbocycles. The number of nitrogens with zero attached hydrogens (tertiary/aromatic N) is 2. The fraction of sp³-hybridized carbons (Fsp3) is 0.148. The van der Waals surface area contributed by atoms with Gasteiger partial charge in [0.25, 0.3) is 0 Å². The third-order valence-corrected chi connectivity index (χ3v) is 5.72. The number of hydrogen-bond donors (Lipinski definition) is 0. The van der Waals surface area contributed by atoms with Gasteiger partial charge in [-0.15, -0.1) is 0 Å². The Kier molecular flexibility index (Phi) is 5.71. The lowest BCUT2D eigenvalue weighted by Gasteiger charge is -2.11. The normalized spacial score (nSPS) is 12.9. The summed E-state index contributed by atoms with van der Waals surface area (Å²) in [5.74, 6) is 3.10. The summed E-state index contributed by atoms with van der Waals surface area (Å²) in [6.45, 7) is 0.409. The van der Waals surface area contributed by atoms with Crippen LogP contribution in [0.3, 0.4) is 0 Å². The zero-order chi connectivity index (χ0) is 24.3. The average Bonchev–Trinajstić information content (AvgIpc) is 3.55. The van der Waals surface area contributed by atoms with Gasteiger partial charge in [0.15, 0.2) is 23.0 Å². The Balaban J connectivity index is 1.16. The van der Waals surface area contributed by atoms with E-state index in [1.54, 1.807) is 24.5 Å². The van der Waals surface area contributed by atoms with E-state index in [0.29, 0.717) is 35.8 Å². The highest BCUT2D eigenvalue weighted by Crippen LogP contribution is 2.35. The summed E-state index contributed by atoms with van der Waals surface area (Å²) in [5, 5.41) is 0. The molecule has 0 atom stereocenters. The molecule has 2 aliphatic rings. The highest BCUT2D eigenvalue weighted by molar-refractivity contribution is 5.67. The average molecular weight is 484 g/mol. The molecule has 36 heavy (non-hydrogen) atoms. The van der Waals surface area contributed by atoms with Gasteiger partial charge in [0, 0.05) is 36.4 Å². The summed E-state index contributed by atoms with van der Waals surface area (Å²) in [4.78, 5) is 21.2. The van der Waals surface area contributed by atoms with Gasteiger partial charge >= 0.3 is 6.16 Å². The van der Waals surface area contributed by atoms with Crippen LogP contribution in [0.25, 0.3) is 0 Å². The molecule has 0 aliphatic carbocycles. The molecular weight excluding hydrogens is 464 g/mol. The van der Waals surface area contributed by atoms with Crippen LogP contribution >= 0.6 is 0 Å². The minimum Gasteiger partial charge on any atom is -0.454 e. The van der Waals surface area contributed by atoms with E-state index in [9.17, 15) is 4.79 Å². The third kappa shape index (κ3) is 4.58. The number of pyridine rings is 2. The second-order valence-electron chi connectivity index (χ2n) is 8.12. The molecule has 180 valence electrons. The van der Waals surface area contributed by atoms with Crippen molar-refractivity contribution in [2.45, 2.75) is 12.8 Å². The molecule has 0 N–H and O–H groups in total. The monoisotopic (exact) mass is 484 g/mol. The molecule has 2 aliphatic heterocycles. The predicted octanol–water partition coefficient (Wildman–Crippen LogP) is 4.69. The van der Waals surface area contributed by atoms with Crippen molar-refractivity contribution in [1.82, 2.24) is 9.97 Å². The van der Waals surface area contributed by atoms with E-state index in [0.717, 1.165) is 22.3 Å². The number of rotatable bonds is 6.